The number of carbonyl (C=O) groups excluding carboxylic acids is 1. The lowest BCUT2D eigenvalue weighted by Gasteiger charge is -2.08. The second-order valence-corrected chi connectivity index (χ2v) is 6.67. The number of anilines is 1. The zero-order valence-electron chi connectivity index (χ0n) is 14.9. The molecule has 2 aromatic rings. The van der Waals surface area contributed by atoms with Crippen molar-refractivity contribution in [1.82, 2.24) is 5.32 Å². The van der Waals surface area contributed by atoms with Crippen LogP contribution in [0.15, 0.2) is 60.3 Å². The number of rotatable bonds is 7. The standard InChI is InChI=1S/C21H22ClN3O/c1-15(2)17-5-9-20(10-6-17)25-21(26)18(13-23)14-24-12-11-16-3-7-19(22)8-4-16/h3-10,14-15,24H,11-12H2,1-2H3,(H,25,26)/b18-14-. The van der Waals surface area contributed by atoms with Crippen LogP contribution in [0.25, 0.3) is 0 Å². The van der Waals surface area contributed by atoms with Gasteiger partial charge in [0.15, 0.2) is 0 Å². The van der Waals surface area contributed by atoms with Crippen LogP contribution in [0.3, 0.4) is 0 Å². The molecular formula is C21H22ClN3O. The minimum Gasteiger partial charge on any atom is -0.389 e. The summed E-state index contributed by atoms with van der Waals surface area (Å²) < 4.78 is 0. The molecular weight excluding hydrogens is 346 g/mol. The van der Waals surface area contributed by atoms with Crippen molar-refractivity contribution in [3.8, 4) is 6.07 Å². The molecule has 0 saturated heterocycles. The first-order valence-corrected chi connectivity index (χ1v) is 8.87. The Kier molecular flexibility index (Phi) is 7.25. The van der Waals surface area contributed by atoms with Crippen LogP contribution >= 0.6 is 11.6 Å². The molecule has 0 aliphatic rings. The molecule has 2 aromatic carbocycles. The van der Waals surface area contributed by atoms with Crippen LogP contribution in [0.5, 0.6) is 0 Å². The minimum atomic E-state index is -0.427. The largest absolute Gasteiger partial charge is 0.389 e. The van der Waals surface area contributed by atoms with E-state index in [1.165, 1.54) is 11.8 Å². The zero-order chi connectivity index (χ0) is 18.9. The van der Waals surface area contributed by atoms with E-state index in [0.717, 1.165) is 12.0 Å². The number of nitrogens with one attached hydrogen (secondary N) is 2. The summed E-state index contributed by atoms with van der Waals surface area (Å²) in [6.45, 7) is 4.84. The number of halogens is 1. The molecule has 26 heavy (non-hydrogen) atoms. The molecule has 2 N–H and O–H groups in total. The van der Waals surface area contributed by atoms with E-state index >= 15 is 0 Å². The molecule has 1 amide bonds. The Labute approximate surface area is 159 Å². The van der Waals surface area contributed by atoms with Crippen LogP contribution in [-0.4, -0.2) is 12.5 Å². The number of amides is 1. The molecule has 5 heteroatoms. The summed E-state index contributed by atoms with van der Waals surface area (Å²) in [5.41, 5.74) is 3.03. The first-order valence-electron chi connectivity index (χ1n) is 8.49. The summed E-state index contributed by atoms with van der Waals surface area (Å²) in [7, 11) is 0. The number of nitrogens with zero attached hydrogens (tertiary/aromatic N) is 1. The van der Waals surface area contributed by atoms with Crippen molar-refractivity contribution in [3.63, 3.8) is 0 Å². The molecule has 0 spiro atoms. The highest BCUT2D eigenvalue weighted by Gasteiger charge is 2.09. The summed E-state index contributed by atoms with van der Waals surface area (Å²) >= 11 is 5.85. The van der Waals surface area contributed by atoms with E-state index in [1.54, 1.807) is 0 Å². The molecule has 0 saturated carbocycles. The van der Waals surface area contributed by atoms with Gasteiger partial charge in [0.05, 0.1) is 0 Å². The van der Waals surface area contributed by atoms with Crippen molar-refractivity contribution in [2.45, 2.75) is 26.2 Å². The van der Waals surface area contributed by atoms with Gasteiger partial charge in [-0.05, 0) is 47.7 Å². The lowest BCUT2D eigenvalue weighted by Crippen LogP contribution is -2.18. The Morgan fingerprint density at radius 3 is 2.38 bits per heavy atom. The van der Waals surface area contributed by atoms with Gasteiger partial charge in [0.1, 0.15) is 11.6 Å². The van der Waals surface area contributed by atoms with Crippen molar-refractivity contribution in [1.29, 1.82) is 5.26 Å². The zero-order valence-corrected chi connectivity index (χ0v) is 15.7. The molecule has 0 bridgehead atoms. The van der Waals surface area contributed by atoms with Gasteiger partial charge < -0.3 is 10.6 Å². The van der Waals surface area contributed by atoms with Crippen molar-refractivity contribution in [2.75, 3.05) is 11.9 Å². The van der Waals surface area contributed by atoms with Crippen molar-refractivity contribution in [2.24, 2.45) is 0 Å². The summed E-state index contributed by atoms with van der Waals surface area (Å²) in [6.07, 6.45) is 2.22. The van der Waals surface area contributed by atoms with E-state index in [4.69, 9.17) is 11.6 Å². The van der Waals surface area contributed by atoms with Gasteiger partial charge in [-0.15, -0.1) is 0 Å². The highest BCUT2D eigenvalue weighted by Crippen LogP contribution is 2.17. The second kappa shape index (κ2) is 9.65. The molecule has 0 heterocycles. The molecule has 4 nitrogen and oxygen atoms in total. The van der Waals surface area contributed by atoms with Gasteiger partial charge in [-0.3, -0.25) is 4.79 Å². The smallest absolute Gasteiger partial charge is 0.267 e. The highest BCUT2D eigenvalue weighted by atomic mass is 35.5. The van der Waals surface area contributed by atoms with Gasteiger partial charge in [0, 0.05) is 23.5 Å². The van der Waals surface area contributed by atoms with Crippen molar-refractivity contribution in [3.05, 3.63) is 76.5 Å². The third-order valence-corrected chi connectivity index (χ3v) is 4.17. The molecule has 0 aromatic heterocycles. The van der Waals surface area contributed by atoms with Crippen LogP contribution in [0.2, 0.25) is 5.02 Å². The second-order valence-electron chi connectivity index (χ2n) is 6.23. The lowest BCUT2D eigenvalue weighted by molar-refractivity contribution is -0.112. The van der Waals surface area contributed by atoms with Crippen LogP contribution < -0.4 is 10.6 Å². The fraction of sp³-hybridized carbons (Fsp3) is 0.238. The maximum atomic E-state index is 12.2. The van der Waals surface area contributed by atoms with Crippen molar-refractivity contribution >= 4 is 23.2 Å². The van der Waals surface area contributed by atoms with Gasteiger partial charge in [0.2, 0.25) is 0 Å². The van der Waals surface area contributed by atoms with Crippen LogP contribution in [0, 0.1) is 11.3 Å². The summed E-state index contributed by atoms with van der Waals surface area (Å²) in [5.74, 6) is 0.00273. The van der Waals surface area contributed by atoms with Gasteiger partial charge >= 0.3 is 0 Å². The molecule has 0 fully saturated rings. The van der Waals surface area contributed by atoms with E-state index in [2.05, 4.69) is 24.5 Å². The van der Waals surface area contributed by atoms with Crippen molar-refractivity contribution < 1.29 is 4.79 Å². The number of nitriles is 1. The fourth-order valence-corrected chi connectivity index (χ4v) is 2.47. The van der Waals surface area contributed by atoms with E-state index in [0.29, 0.717) is 23.2 Å². The Balaban J connectivity index is 1.87. The Bertz CT molecular complexity index is 803. The Morgan fingerprint density at radius 2 is 1.81 bits per heavy atom. The van der Waals surface area contributed by atoms with E-state index in [-0.39, 0.29) is 5.57 Å². The highest BCUT2D eigenvalue weighted by molar-refractivity contribution is 6.30. The average molecular weight is 368 g/mol. The number of carbonyl (C=O) groups is 1. The monoisotopic (exact) mass is 367 g/mol. The minimum absolute atomic E-state index is 0.0362. The predicted octanol–water partition coefficient (Wildman–Crippen LogP) is 4.64. The molecule has 134 valence electrons. The summed E-state index contributed by atoms with van der Waals surface area (Å²) in [6, 6.07) is 17.1. The number of benzene rings is 2. The molecule has 0 aliphatic heterocycles. The van der Waals surface area contributed by atoms with Gasteiger partial charge in [0.25, 0.3) is 5.91 Å². The maximum Gasteiger partial charge on any atom is 0.267 e. The van der Waals surface area contributed by atoms with Crippen LogP contribution in [0.1, 0.15) is 30.9 Å². The predicted molar refractivity (Wildman–Crippen MR) is 106 cm³/mol. The maximum absolute atomic E-state index is 12.2. The number of hydrogen-bond donors (Lipinski definition) is 2. The van der Waals surface area contributed by atoms with E-state index in [9.17, 15) is 10.1 Å². The topological polar surface area (TPSA) is 64.9 Å². The quantitative estimate of drug-likeness (QED) is 0.425. The molecule has 0 atom stereocenters. The average Bonchev–Trinajstić information content (AvgIpc) is 2.63. The third kappa shape index (κ3) is 5.94. The van der Waals surface area contributed by atoms with Gasteiger partial charge in [-0.2, -0.15) is 5.26 Å². The molecule has 0 aliphatic carbocycles. The first-order chi connectivity index (χ1) is 12.5. The van der Waals surface area contributed by atoms with E-state index in [1.807, 2.05) is 54.6 Å². The Morgan fingerprint density at radius 1 is 1.15 bits per heavy atom. The lowest BCUT2D eigenvalue weighted by atomic mass is 10.0. The normalized spacial score (nSPS) is 11.1. The first kappa shape index (κ1) is 19.6. The summed E-state index contributed by atoms with van der Waals surface area (Å²) in [5, 5.41) is 15.7. The van der Waals surface area contributed by atoms with Gasteiger partial charge in [-0.25, -0.2) is 0 Å². The molecule has 0 radical (unpaired) electrons. The molecule has 0 unspecified atom stereocenters. The van der Waals surface area contributed by atoms with Crippen LogP contribution in [-0.2, 0) is 11.2 Å². The molecule has 2 rings (SSSR count). The van der Waals surface area contributed by atoms with E-state index < -0.39 is 5.91 Å². The SMILES string of the molecule is CC(C)c1ccc(NC(=O)/C(C#N)=C\NCCc2ccc(Cl)cc2)cc1. The summed E-state index contributed by atoms with van der Waals surface area (Å²) in [4.78, 5) is 12.2. The fourth-order valence-electron chi connectivity index (χ4n) is 2.34. The number of hydrogen-bond acceptors (Lipinski definition) is 3. The van der Waals surface area contributed by atoms with Gasteiger partial charge in [-0.1, -0.05) is 49.7 Å². The van der Waals surface area contributed by atoms with Crippen LogP contribution in [0.4, 0.5) is 5.69 Å². The Hall–Kier alpha value is -2.77. The third-order valence-electron chi connectivity index (χ3n) is 3.92.